The van der Waals surface area contributed by atoms with E-state index in [-0.39, 0.29) is 29.5 Å². The Hall–Kier alpha value is -0.850. The van der Waals surface area contributed by atoms with Crippen LogP contribution in [0.25, 0.3) is 0 Å². The molecule has 0 aliphatic carbocycles. The van der Waals surface area contributed by atoms with Gasteiger partial charge in [0.05, 0.1) is 0 Å². The Balaban J connectivity index is 2.34. The monoisotopic (exact) mass is 273 g/mol. The fraction of sp³-hybridized carbons (Fsp3) is 0.667. The van der Waals surface area contributed by atoms with Crippen molar-refractivity contribution < 1.29 is 17.9 Å². The first-order valence-corrected chi connectivity index (χ1v) is 7.64. The molecule has 1 aliphatic heterocycles. The van der Waals surface area contributed by atoms with E-state index in [4.69, 9.17) is 9.52 Å². The summed E-state index contributed by atoms with van der Waals surface area (Å²) in [5.74, 6) is 0.269. The van der Waals surface area contributed by atoms with Crippen molar-refractivity contribution in [3.63, 3.8) is 0 Å². The largest absolute Gasteiger partial charge is 0.446 e. The first-order chi connectivity index (χ1) is 8.46. The summed E-state index contributed by atoms with van der Waals surface area (Å²) in [7, 11) is -3.59. The highest BCUT2D eigenvalue weighted by Crippen LogP contribution is 2.30. The maximum Gasteiger partial charge on any atom is 0.276 e. The second-order valence-corrected chi connectivity index (χ2v) is 6.62. The number of sulfonamides is 1. The molecule has 1 aromatic rings. The first kappa shape index (κ1) is 13.6. The zero-order valence-corrected chi connectivity index (χ0v) is 11.5. The van der Waals surface area contributed by atoms with Crippen LogP contribution >= 0.6 is 0 Å². The van der Waals surface area contributed by atoms with Crippen LogP contribution in [0, 0.1) is 0 Å². The van der Waals surface area contributed by atoms with Crippen LogP contribution in [-0.2, 0) is 16.6 Å². The molecule has 2 atom stereocenters. The first-order valence-electron chi connectivity index (χ1n) is 6.20. The Kier molecular flexibility index (Phi) is 3.79. The van der Waals surface area contributed by atoms with E-state index in [0.29, 0.717) is 0 Å². The maximum atomic E-state index is 12.5. The highest BCUT2D eigenvalue weighted by atomic mass is 32.2. The predicted octanol–water partition coefficient (Wildman–Crippen LogP) is 1.72. The van der Waals surface area contributed by atoms with Crippen molar-refractivity contribution in [1.82, 2.24) is 4.31 Å². The van der Waals surface area contributed by atoms with Crippen LogP contribution in [0.2, 0.25) is 0 Å². The highest BCUT2D eigenvalue weighted by Gasteiger charge is 2.37. The van der Waals surface area contributed by atoms with Crippen molar-refractivity contribution in [2.75, 3.05) is 0 Å². The van der Waals surface area contributed by atoms with Crippen molar-refractivity contribution in [2.24, 2.45) is 0 Å². The molecule has 1 fully saturated rings. The summed E-state index contributed by atoms with van der Waals surface area (Å²) in [5.41, 5.74) is 0. The molecule has 2 rings (SSSR count). The van der Waals surface area contributed by atoms with Crippen LogP contribution < -0.4 is 0 Å². The van der Waals surface area contributed by atoms with Gasteiger partial charge in [-0.1, -0.05) is 6.42 Å². The van der Waals surface area contributed by atoms with Gasteiger partial charge >= 0.3 is 0 Å². The lowest BCUT2D eigenvalue weighted by atomic mass is 10.0. The van der Waals surface area contributed by atoms with E-state index in [1.807, 2.05) is 13.8 Å². The molecule has 2 heterocycles. The Bertz CT molecular complexity index is 498. The number of piperidine rings is 1. The molecule has 18 heavy (non-hydrogen) atoms. The average Bonchev–Trinajstić information content (AvgIpc) is 2.77. The summed E-state index contributed by atoms with van der Waals surface area (Å²) in [6.07, 6.45) is 2.79. The van der Waals surface area contributed by atoms with Crippen LogP contribution in [0.3, 0.4) is 0 Å². The third kappa shape index (κ3) is 2.32. The lowest BCUT2D eigenvalue weighted by Crippen LogP contribution is -2.47. The van der Waals surface area contributed by atoms with E-state index >= 15 is 0 Å². The average molecular weight is 273 g/mol. The number of aliphatic hydroxyl groups is 1. The summed E-state index contributed by atoms with van der Waals surface area (Å²) < 4.78 is 31.7. The van der Waals surface area contributed by atoms with Crippen LogP contribution in [-0.4, -0.2) is 29.9 Å². The topological polar surface area (TPSA) is 70.8 Å². The van der Waals surface area contributed by atoms with Gasteiger partial charge < -0.3 is 9.52 Å². The van der Waals surface area contributed by atoms with Crippen LogP contribution in [0.4, 0.5) is 0 Å². The van der Waals surface area contributed by atoms with E-state index < -0.39 is 10.0 Å². The smallest absolute Gasteiger partial charge is 0.276 e. The minimum absolute atomic E-state index is 0.0126. The van der Waals surface area contributed by atoms with Crippen molar-refractivity contribution in [2.45, 2.75) is 56.9 Å². The normalized spacial score (nSPS) is 26.4. The lowest BCUT2D eigenvalue weighted by Gasteiger charge is -2.36. The number of hydrogen-bond donors (Lipinski definition) is 1. The number of rotatable bonds is 3. The Morgan fingerprint density at radius 3 is 2.44 bits per heavy atom. The molecule has 1 saturated heterocycles. The number of furan rings is 1. The van der Waals surface area contributed by atoms with E-state index in [9.17, 15) is 8.42 Å². The predicted molar refractivity (Wildman–Crippen MR) is 66.4 cm³/mol. The van der Waals surface area contributed by atoms with Gasteiger partial charge in [0.15, 0.2) is 0 Å². The zero-order chi connectivity index (χ0) is 13.3. The Morgan fingerprint density at radius 1 is 1.33 bits per heavy atom. The molecule has 0 spiro atoms. The second kappa shape index (κ2) is 5.03. The number of nitrogens with zero attached hydrogens (tertiary/aromatic N) is 1. The molecule has 0 unspecified atom stereocenters. The van der Waals surface area contributed by atoms with Crippen molar-refractivity contribution >= 4 is 10.0 Å². The van der Waals surface area contributed by atoms with Crippen LogP contribution in [0.5, 0.6) is 0 Å². The minimum atomic E-state index is -3.59. The molecule has 5 nitrogen and oxygen atoms in total. The molecule has 1 N–H and O–H groups in total. The van der Waals surface area contributed by atoms with Crippen molar-refractivity contribution in [3.05, 3.63) is 17.9 Å². The van der Waals surface area contributed by atoms with Gasteiger partial charge in [0.25, 0.3) is 10.0 Å². The van der Waals surface area contributed by atoms with Gasteiger partial charge in [-0.25, -0.2) is 8.42 Å². The standard InChI is InChI=1S/C12H19NO4S/c1-9-4-3-5-10(2)13(9)18(15,16)12-7-6-11(8-14)17-12/h6-7,9-10,14H,3-5,8H2,1-2H3/t9-,10+. The molecule has 6 heteroatoms. The molecule has 0 aromatic carbocycles. The fourth-order valence-electron chi connectivity index (χ4n) is 2.56. The Labute approximate surface area is 107 Å². The molecule has 1 aliphatic rings. The molecule has 0 amide bonds. The van der Waals surface area contributed by atoms with E-state index in [2.05, 4.69) is 0 Å². The highest BCUT2D eigenvalue weighted by molar-refractivity contribution is 7.89. The van der Waals surface area contributed by atoms with Gasteiger partial charge in [-0.2, -0.15) is 4.31 Å². The second-order valence-electron chi connectivity index (χ2n) is 4.84. The molecular weight excluding hydrogens is 254 g/mol. The van der Waals surface area contributed by atoms with Gasteiger partial charge in [-0.05, 0) is 38.8 Å². The lowest BCUT2D eigenvalue weighted by molar-refractivity contribution is 0.196. The summed E-state index contributed by atoms with van der Waals surface area (Å²) >= 11 is 0. The van der Waals surface area contributed by atoms with E-state index in [1.165, 1.54) is 16.4 Å². The SMILES string of the molecule is C[C@@H]1CCC[C@H](C)N1S(=O)(=O)c1ccc(CO)o1. The van der Waals surface area contributed by atoms with Gasteiger partial charge in [-0.15, -0.1) is 0 Å². The Morgan fingerprint density at radius 2 is 1.94 bits per heavy atom. The molecular formula is C12H19NO4S. The van der Waals surface area contributed by atoms with Crippen molar-refractivity contribution in [1.29, 1.82) is 0 Å². The molecule has 102 valence electrons. The molecule has 0 saturated carbocycles. The minimum Gasteiger partial charge on any atom is -0.446 e. The maximum absolute atomic E-state index is 12.5. The van der Waals surface area contributed by atoms with Gasteiger partial charge in [-0.3, -0.25) is 0 Å². The number of hydrogen-bond acceptors (Lipinski definition) is 4. The summed E-state index contributed by atoms with van der Waals surface area (Å²) in [6, 6.07) is 2.88. The van der Waals surface area contributed by atoms with E-state index in [0.717, 1.165) is 19.3 Å². The van der Waals surface area contributed by atoms with Crippen LogP contribution in [0.15, 0.2) is 21.6 Å². The summed E-state index contributed by atoms with van der Waals surface area (Å²) in [5, 5.41) is 8.85. The fourth-order valence-corrected chi connectivity index (χ4v) is 4.38. The van der Waals surface area contributed by atoms with Gasteiger partial charge in [0, 0.05) is 12.1 Å². The third-order valence-electron chi connectivity index (χ3n) is 3.44. The summed E-state index contributed by atoms with van der Waals surface area (Å²) in [6.45, 7) is 3.55. The van der Waals surface area contributed by atoms with Crippen LogP contribution in [0.1, 0.15) is 38.9 Å². The van der Waals surface area contributed by atoms with Gasteiger partial charge in [0.1, 0.15) is 12.4 Å². The van der Waals surface area contributed by atoms with E-state index in [1.54, 1.807) is 0 Å². The zero-order valence-electron chi connectivity index (χ0n) is 10.7. The number of aliphatic hydroxyl groups excluding tert-OH is 1. The quantitative estimate of drug-likeness (QED) is 0.910. The molecule has 1 aromatic heterocycles. The van der Waals surface area contributed by atoms with Crippen molar-refractivity contribution in [3.8, 4) is 0 Å². The summed E-state index contributed by atoms with van der Waals surface area (Å²) in [4.78, 5) is 0. The molecule has 0 radical (unpaired) electrons. The molecule has 0 bridgehead atoms. The van der Waals surface area contributed by atoms with Gasteiger partial charge in [0.2, 0.25) is 5.09 Å². The third-order valence-corrected chi connectivity index (χ3v) is 5.44.